The second-order valence-electron chi connectivity index (χ2n) is 6.06. The molecule has 3 rings (SSSR count). The van der Waals surface area contributed by atoms with Crippen molar-refractivity contribution < 1.29 is 4.79 Å². The van der Waals surface area contributed by atoms with Gasteiger partial charge in [0.05, 0.1) is 17.4 Å². The van der Waals surface area contributed by atoms with Crippen molar-refractivity contribution >= 4 is 29.0 Å². The lowest BCUT2D eigenvalue weighted by Gasteiger charge is -2.34. The molecule has 128 valence electrons. The number of urea groups is 1. The summed E-state index contributed by atoms with van der Waals surface area (Å²) in [6, 6.07) is 5.24. The zero-order valence-electron chi connectivity index (χ0n) is 13.8. The van der Waals surface area contributed by atoms with E-state index in [1.54, 1.807) is 6.07 Å². The number of halogens is 1. The van der Waals surface area contributed by atoms with Crippen molar-refractivity contribution in [3.8, 4) is 0 Å². The van der Waals surface area contributed by atoms with Crippen LogP contribution in [0.25, 0.3) is 0 Å². The maximum absolute atomic E-state index is 12.9. The average molecular weight is 349 g/mol. The van der Waals surface area contributed by atoms with Crippen LogP contribution < -0.4 is 10.2 Å². The van der Waals surface area contributed by atoms with E-state index in [-0.39, 0.29) is 12.1 Å². The normalized spacial score (nSPS) is 17.6. The number of H-pyrrole nitrogens is 1. The van der Waals surface area contributed by atoms with Gasteiger partial charge in [-0.25, -0.2) is 9.78 Å². The minimum absolute atomic E-state index is 0.0803. The number of hydrogen-bond donors (Lipinski definition) is 2. The molecular weight excluding hydrogens is 328 g/mol. The van der Waals surface area contributed by atoms with Gasteiger partial charge in [-0.2, -0.15) is 5.10 Å². The SMILES string of the molecule is CN(C)c1ccc(Cl)cc1NC(=O)N1CCCCC1c1ncn[nH]1. The molecule has 0 radical (unpaired) electrons. The number of nitrogens with one attached hydrogen (secondary N) is 2. The van der Waals surface area contributed by atoms with Crippen LogP contribution in [-0.4, -0.2) is 46.8 Å². The number of nitrogens with zero attached hydrogens (tertiary/aromatic N) is 4. The Bertz CT molecular complexity index is 703. The summed E-state index contributed by atoms with van der Waals surface area (Å²) in [4.78, 5) is 20.8. The molecule has 2 amide bonds. The van der Waals surface area contributed by atoms with E-state index < -0.39 is 0 Å². The molecule has 0 bridgehead atoms. The summed E-state index contributed by atoms with van der Waals surface area (Å²) in [7, 11) is 3.86. The van der Waals surface area contributed by atoms with Crippen LogP contribution >= 0.6 is 11.6 Å². The van der Waals surface area contributed by atoms with E-state index in [0.717, 1.165) is 30.8 Å². The van der Waals surface area contributed by atoms with Crippen LogP contribution in [0.4, 0.5) is 16.2 Å². The molecule has 1 aliphatic heterocycles. The van der Waals surface area contributed by atoms with Crippen LogP contribution in [0.15, 0.2) is 24.5 Å². The van der Waals surface area contributed by atoms with E-state index in [2.05, 4.69) is 20.5 Å². The summed E-state index contributed by atoms with van der Waals surface area (Å²) in [5.74, 6) is 0.726. The fraction of sp³-hybridized carbons (Fsp3) is 0.438. The Morgan fingerprint density at radius 3 is 2.96 bits per heavy atom. The molecule has 1 aliphatic rings. The summed E-state index contributed by atoms with van der Waals surface area (Å²) < 4.78 is 0. The topological polar surface area (TPSA) is 77.2 Å². The quantitative estimate of drug-likeness (QED) is 0.892. The Morgan fingerprint density at radius 1 is 1.42 bits per heavy atom. The molecule has 7 nitrogen and oxygen atoms in total. The molecular formula is C16H21ClN6O. The van der Waals surface area contributed by atoms with Crippen molar-refractivity contribution in [1.29, 1.82) is 0 Å². The van der Waals surface area contributed by atoms with E-state index in [1.165, 1.54) is 6.33 Å². The number of anilines is 2. The molecule has 1 unspecified atom stereocenters. The van der Waals surface area contributed by atoms with Crippen LogP contribution in [0, 0.1) is 0 Å². The van der Waals surface area contributed by atoms with Gasteiger partial charge >= 0.3 is 6.03 Å². The molecule has 1 aromatic carbocycles. The van der Waals surface area contributed by atoms with Gasteiger partial charge in [-0.3, -0.25) is 5.10 Å². The lowest BCUT2D eigenvalue weighted by Crippen LogP contribution is -2.41. The maximum Gasteiger partial charge on any atom is 0.322 e. The van der Waals surface area contributed by atoms with Crippen molar-refractivity contribution in [2.75, 3.05) is 30.9 Å². The highest BCUT2D eigenvalue weighted by Crippen LogP contribution is 2.31. The first-order valence-corrected chi connectivity index (χ1v) is 8.34. The second kappa shape index (κ2) is 7.09. The molecule has 1 aromatic heterocycles. The first-order valence-electron chi connectivity index (χ1n) is 7.96. The minimum atomic E-state index is -0.151. The Hall–Kier alpha value is -2.28. The van der Waals surface area contributed by atoms with Gasteiger partial charge in [0.1, 0.15) is 12.2 Å². The largest absolute Gasteiger partial charge is 0.376 e. The number of amides is 2. The van der Waals surface area contributed by atoms with E-state index in [9.17, 15) is 4.79 Å². The lowest BCUT2D eigenvalue weighted by atomic mass is 10.0. The zero-order valence-corrected chi connectivity index (χ0v) is 14.5. The third-order valence-electron chi connectivity index (χ3n) is 4.19. The number of carbonyl (C=O) groups excluding carboxylic acids is 1. The van der Waals surface area contributed by atoms with Gasteiger partial charge in [0.25, 0.3) is 0 Å². The smallest absolute Gasteiger partial charge is 0.322 e. The molecule has 1 fully saturated rings. The fourth-order valence-corrected chi connectivity index (χ4v) is 3.19. The number of benzene rings is 1. The first-order chi connectivity index (χ1) is 11.6. The van der Waals surface area contributed by atoms with Gasteiger partial charge in [0, 0.05) is 25.7 Å². The number of likely N-dealkylation sites (tertiary alicyclic amines) is 1. The Morgan fingerprint density at radius 2 is 2.25 bits per heavy atom. The van der Waals surface area contributed by atoms with Crippen LogP contribution in [0.3, 0.4) is 0 Å². The van der Waals surface area contributed by atoms with E-state index in [1.807, 2.05) is 36.0 Å². The lowest BCUT2D eigenvalue weighted by molar-refractivity contribution is 0.159. The highest BCUT2D eigenvalue weighted by Gasteiger charge is 2.30. The van der Waals surface area contributed by atoms with Gasteiger partial charge in [-0.15, -0.1) is 0 Å². The van der Waals surface area contributed by atoms with Crippen LogP contribution in [0.5, 0.6) is 0 Å². The third-order valence-corrected chi connectivity index (χ3v) is 4.43. The number of hydrogen-bond acceptors (Lipinski definition) is 4. The number of carbonyl (C=O) groups is 1. The van der Waals surface area contributed by atoms with Gasteiger partial charge in [-0.1, -0.05) is 11.6 Å². The van der Waals surface area contributed by atoms with Crippen molar-refractivity contribution in [3.63, 3.8) is 0 Å². The highest BCUT2D eigenvalue weighted by atomic mass is 35.5. The van der Waals surface area contributed by atoms with E-state index in [4.69, 9.17) is 11.6 Å². The molecule has 2 aromatic rings. The van der Waals surface area contributed by atoms with Crippen LogP contribution in [-0.2, 0) is 0 Å². The predicted octanol–water partition coefficient (Wildman–Crippen LogP) is 3.28. The van der Waals surface area contributed by atoms with Crippen LogP contribution in [0.1, 0.15) is 31.1 Å². The van der Waals surface area contributed by atoms with Crippen molar-refractivity contribution in [1.82, 2.24) is 20.1 Å². The number of aromatic nitrogens is 3. The zero-order chi connectivity index (χ0) is 17.1. The van der Waals surface area contributed by atoms with Gasteiger partial charge in [0.15, 0.2) is 0 Å². The number of piperidine rings is 1. The third kappa shape index (κ3) is 3.46. The number of aromatic amines is 1. The summed E-state index contributed by atoms with van der Waals surface area (Å²) in [5, 5.41) is 10.4. The molecule has 1 atom stereocenters. The molecule has 2 heterocycles. The summed E-state index contributed by atoms with van der Waals surface area (Å²) in [6.45, 7) is 0.690. The number of rotatable bonds is 3. The van der Waals surface area contributed by atoms with Gasteiger partial charge in [0.2, 0.25) is 0 Å². The fourth-order valence-electron chi connectivity index (χ4n) is 3.02. The van der Waals surface area contributed by atoms with E-state index in [0.29, 0.717) is 17.3 Å². The predicted molar refractivity (Wildman–Crippen MR) is 94.5 cm³/mol. The Balaban J connectivity index is 1.82. The molecule has 8 heteroatoms. The maximum atomic E-state index is 12.9. The molecule has 0 aliphatic carbocycles. The monoisotopic (exact) mass is 348 g/mol. The van der Waals surface area contributed by atoms with Gasteiger partial charge in [-0.05, 0) is 37.5 Å². The van der Waals surface area contributed by atoms with Crippen molar-refractivity contribution in [2.45, 2.75) is 25.3 Å². The van der Waals surface area contributed by atoms with E-state index >= 15 is 0 Å². The van der Waals surface area contributed by atoms with Crippen molar-refractivity contribution in [2.24, 2.45) is 0 Å². The molecule has 0 spiro atoms. The Kier molecular flexibility index (Phi) is 4.89. The first kappa shape index (κ1) is 16.6. The molecule has 0 saturated carbocycles. The molecule has 2 N–H and O–H groups in total. The highest BCUT2D eigenvalue weighted by molar-refractivity contribution is 6.31. The van der Waals surface area contributed by atoms with Crippen LogP contribution in [0.2, 0.25) is 5.02 Å². The minimum Gasteiger partial charge on any atom is -0.376 e. The second-order valence-corrected chi connectivity index (χ2v) is 6.50. The Labute approximate surface area is 146 Å². The summed E-state index contributed by atoms with van der Waals surface area (Å²) >= 11 is 6.09. The average Bonchev–Trinajstić information content (AvgIpc) is 3.09. The summed E-state index contributed by atoms with van der Waals surface area (Å²) in [6.07, 6.45) is 4.39. The summed E-state index contributed by atoms with van der Waals surface area (Å²) in [5.41, 5.74) is 1.60. The van der Waals surface area contributed by atoms with Gasteiger partial charge < -0.3 is 15.1 Å². The van der Waals surface area contributed by atoms with Crippen molar-refractivity contribution in [3.05, 3.63) is 35.4 Å². The molecule has 1 saturated heterocycles. The molecule has 24 heavy (non-hydrogen) atoms. The standard InChI is InChI=1S/C16H21ClN6O/c1-22(2)13-7-6-11(17)9-12(13)20-16(24)23-8-4-3-5-14(23)15-18-10-19-21-15/h6-7,9-10,14H,3-5,8H2,1-2H3,(H,20,24)(H,18,19,21).